The summed E-state index contributed by atoms with van der Waals surface area (Å²) in [6.45, 7) is 2.39. The number of rotatable bonds is 5. The van der Waals surface area contributed by atoms with Crippen molar-refractivity contribution in [1.29, 1.82) is 0 Å². The maximum absolute atomic E-state index is 14.4. The van der Waals surface area contributed by atoms with Crippen LogP contribution in [0.5, 0.6) is 0 Å². The van der Waals surface area contributed by atoms with Crippen molar-refractivity contribution >= 4 is 15.9 Å². The topological polar surface area (TPSA) is 27.3 Å². The van der Waals surface area contributed by atoms with Crippen LogP contribution in [-0.4, -0.2) is 30.7 Å². The number of fused-ring (bicyclic) bond motifs is 1. The first-order valence-corrected chi connectivity index (χ1v) is 9.50. The molecule has 3 nitrogen and oxygen atoms in total. The minimum atomic E-state index is -0.456. The van der Waals surface area contributed by atoms with E-state index in [0.29, 0.717) is 23.5 Å². The summed E-state index contributed by atoms with van der Waals surface area (Å²) in [7, 11) is 0. The van der Waals surface area contributed by atoms with E-state index in [1.54, 1.807) is 0 Å². The molecule has 1 aliphatic carbocycles. The first-order valence-electron chi connectivity index (χ1n) is 8.71. The van der Waals surface area contributed by atoms with Crippen LogP contribution in [0, 0.1) is 11.6 Å². The Kier molecular flexibility index (Phi) is 4.52. The lowest BCUT2D eigenvalue weighted by Crippen LogP contribution is -2.36. The zero-order valence-corrected chi connectivity index (χ0v) is 15.1. The fraction of sp³-hybridized carbons (Fsp3) is 0.556. The van der Waals surface area contributed by atoms with E-state index >= 15 is 0 Å². The van der Waals surface area contributed by atoms with Gasteiger partial charge in [0.15, 0.2) is 0 Å². The molecule has 0 amide bonds. The average molecular weight is 398 g/mol. The quantitative estimate of drug-likeness (QED) is 0.739. The highest BCUT2D eigenvalue weighted by Gasteiger charge is 2.36. The van der Waals surface area contributed by atoms with Crippen LogP contribution in [0.1, 0.15) is 43.6 Å². The predicted octanol–water partition coefficient (Wildman–Crippen LogP) is 3.82. The van der Waals surface area contributed by atoms with Gasteiger partial charge in [-0.1, -0.05) is 6.42 Å². The second-order valence-corrected chi connectivity index (χ2v) is 7.83. The van der Waals surface area contributed by atoms with Gasteiger partial charge in [0, 0.05) is 48.4 Å². The average Bonchev–Trinajstić information content (AvgIpc) is 3.07. The van der Waals surface area contributed by atoms with E-state index in [-0.39, 0.29) is 11.5 Å². The third kappa shape index (κ3) is 2.94. The van der Waals surface area contributed by atoms with Crippen molar-refractivity contribution in [3.05, 3.63) is 45.2 Å². The van der Waals surface area contributed by atoms with E-state index in [1.165, 1.54) is 42.8 Å². The van der Waals surface area contributed by atoms with Crippen LogP contribution in [0.25, 0.3) is 0 Å². The molecule has 3 aliphatic rings. The van der Waals surface area contributed by atoms with E-state index in [2.05, 4.69) is 31.5 Å². The Hall–Kier alpha value is -1.14. The van der Waals surface area contributed by atoms with Crippen LogP contribution in [0.15, 0.2) is 28.0 Å². The summed E-state index contributed by atoms with van der Waals surface area (Å²) >= 11 is 3.17. The molecule has 6 heteroatoms. The van der Waals surface area contributed by atoms with Gasteiger partial charge >= 0.3 is 0 Å². The molecule has 0 aromatic heterocycles. The first kappa shape index (κ1) is 16.3. The minimum Gasteiger partial charge on any atom is -0.370 e. The monoisotopic (exact) mass is 397 g/mol. The molecule has 130 valence electrons. The minimum absolute atomic E-state index is 0.116. The number of hydrogen-bond acceptors (Lipinski definition) is 3. The van der Waals surface area contributed by atoms with Crippen LogP contribution < -0.4 is 10.6 Å². The summed E-state index contributed by atoms with van der Waals surface area (Å²) in [6.07, 6.45) is 5.57. The van der Waals surface area contributed by atoms with Gasteiger partial charge in [-0.15, -0.1) is 0 Å². The van der Waals surface area contributed by atoms with Gasteiger partial charge in [-0.2, -0.15) is 0 Å². The van der Waals surface area contributed by atoms with Gasteiger partial charge in [0.05, 0.1) is 11.1 Å². The number of allylic oxidation sites excluding steroid dienone is 1. The van der Waals surface area contributed by atoms with Crippen molar-refractivity contribution in [2.75, 3.05) is 19.8 Å². The molecular weight excluding hydrogens is 376 g/mol. The second-order valence-electron chi connectivity index (χ2n) is 6.97. The Labute approximate surface area is 149 Å². The molecule has 1 saturated carbocycles. The SMILES string of the molecule is Fc1ccc(Br)c(F)c1[C@@H]1CC2=C(CCNC3CCC3)NCN2C1. The summed E-state index contributed by atoms with van der Waals surface area (Å²) in [4.78, 5) is 2.23. The molecule has 2 N–H and O–H groups in total. The van der Waals surface area contributed by atoms with Crippen LogP contribution in [0.4, 0.5) is 8.78 Å². The number of hydrogen-bond donors (Lipinski definition) is 2. The molecule has 0 spiro atoms. The molecule has 0 unspecified atom stereocenters. The first-order chi connectivity index (χ1) is 11.6. The van der Waals surface area contributed by atoms with E-state index in [1.807, 2.05) is 0 Å². The molecule has 1 aromatic rings. The van der Waals surface area contributed by atoms with E-state index in [4.69, 9.17) is 0 Å². The lowest BCUT2D eigenvalue weighted by molar-refractivity contribution is 0.341. The third-order valence-electron chi connectivity index (χ3n) is 5.49. The van der Waals surface area contributed by atoms with Gasteiger partial charge in [-0.3, -0.25) is 0 Å². The summed E-state index contributed by atoms with van der Waals surface area (Å²) in [5.74, 6) is -1.01. The van der Waals surface area contributed by atoms with E-state index in [9.17, 15) is 8.78 Å². The molecule has 2 fully saturated rings. The van der Waals surface area contributed by atoms with Gasteiger partial charge in [0.25, 0.3) is 0 Å². The van der Waals surface area contributed by atoms with E-state index in [0.717, 1.165) is 19.6 Å². The Morgan fingerprint density at radius 2 is 2.12 bits per heavy atom. The molecule has 1 atom stereocenters. The molecule has 4 rings (SSSR count). The van der Waals surface area contributed by atoms with Crippen molar-refractivity contribution in [3.63, 3.8) is 0 Å². The molecule has 1 saturated heterocycles. The molecule has 0 bridgehead atoms. The van der Waals surface area contributed by atoms with Crippen LogP contribution in [-0.2, 0) is 0 Å². The largest absolute Gasteiger partial charge is 0.370 e. The smallest absolute Gasteiger partial charge is 0.143 e. The van der Waals surface area contributed by atoms with Gasteiger partial charge in [-0.25, -0.2) is 8.78 Å². The summed E-state index contributed by atoms with van der Waals surface area (Å²) in [6, 6.07) is 3.47. The normalized spacial score (nSPS) is 23.5. The van der Waals surface area contributed by atoms with Crippen LogP contribution in [0.3, 0.4) is 0 Å². The highest BCUT2D eigenvalue weighted by atomic mass is 79.9. The van der Waals surface area contributed by atoms with E-state index < -0.39 is 11.6 Å². The lowest BCUT2D eigenvalue weighted by atomic mass is 9.93. The van der Waals surface area contributed by atoms with Crippen molar-refractivity contribution < 1.29 is 8.78 Å². The number of nitrogens with zero attached hydrogens (tertiary/aromatic N) is 1. The van der Waals surface area contributed by atoms with Crippen molar-refractivity contribution in [1.82, 2.24) is 15.5 Å². The molecule has 1 aromatic carbocycles. The fourth-order valence-corrected chi connectivity index (χ4v) is 4.27. The molecule has 2 heterocycles. The summed E-state index contributed by atoms with van der Waals surface area (Å²) in [5, 5.41) is 7.03. The molecule has 2 aliphatic heterocycles. The lowest BCUT2D eigenvalue weighted by Gasteiger charge is -2.26. The highest BCUT2D eigenvalue weighted by Crippen LogP contribution is 2.40. The van der Waals surface area contributed by atoms with Crippen molar-refractivity contribution in [3.8, 4) is 0 Å². The van der Waals surface area contributed by atoms with Gasteiger partial charge in [0.1, 0.15) is 11.6 Å². The van der Waals surface area contributed by atoms with Crippen molar-refractivity contribution in [2.24, 2.45) is 0 Å². The Bertz CT molecular complexity index is 672. The van der Waals surface area contributed by atoms with Gasteiger partial charge < -0.3 is 15.5 Å². The van der Waals surface area contributed by atoms with Gasteiger partial charge in [0.2, 0.25) is 0 Å². The maximum atomic E-state index is 14.4. The summed E-state index contributed by atoms with van der Waals surface area (Å²) < 4.78 is 28.9. The number of benzene rings is 1. The molecular formula is C18H22BrF2N3. The zero-order chi connectivity index (χ0) is 16.7. The third-order valence-corrected chi connectivity index (χ3v) is 6.11. The molecule has 0 radical (unpaired) electrons. The second kappa shape index (κ2) is 6.64. The number of halogens is 3. The Morgan fingerprint density at radius 1 is 1.29 bits per heavy atom. The predicted molar refractivity (Wildman–Crippen MR) is 93.4 cm³/mol. The highest BCUT2D eigenvalue weighted by molar-refractivity contribution is 9.10. The Morgan fingerprint density at radius 3 is 2.88 bits per heavy atom. The number of nitrogens with one attached hydrogen (secondary N) is 2. The summed E-state index contributed by atoms with van der Waals surface area (Å²) in [5.41, 5.74) is 2.69. The zero-order valence-electron chi connectivity index (χ0n) is 13.5. The molecule has 24 heavy (non-hydrogen) atoms. The standard InChI is InChI=1S/C18H22BrF2N3/c19-13-4-5-14(20)17(18(13)21)11-8-16-15(23-10-24(16)9-11)6-7-22-12-2-1-3-12/h4-5,11-12,22-23H,1-3,6-10H2/t11-/m1/s1. The fourth-order valence-electron chi connectivity index (χ4n) is 3.93. The van der Waals surface area contributed by atoms with Crippen LogP contribution in [0.2, 0.25) is 0 Å². The van der Waals surface area contributed by atoms with Crippen LogP contribution >= 0.6 is 15.9 Å². The maximum Gasteiger partial charge on any atom is 0.143 e. The Balaban J connectivity index is 1.46. The van der Waals surface area contributed by atoms with Gasteiger partial charge in [-0.05, 0) is 47.3 Å². The van der Waals surface area contributed by atoms with Crippen molar-refractivity contribution in [2.45, 2.75) is 44.1 Å².